The van der Waals surface area contributed by atoms with Crippen molar-refractivity contribution in [2.24, 2.45) is 0 Å². The van der Waals surface area contributed by atoms with Crippen molar-refractivity contribution < 1.29 is 24.5 Å². The molecule has 118 valence electrons. The monoisotopic (exact) mass is 314 g/mol. The predicted octanol–water partition coefficient (Wildman–Crippen LogP) is 2.98. The summed E-state index contributed by atoms with van der Waals surface area (Å²) in [6, 6.07) is 8.15. The van der Waals surface area contributed by atoms with E-state index in [1.807, 2.05) is 0 Å². The van der Waals surface area contributed by atoms with Gasteiger partial charge in [0, 0.05) is 23.8 Å². The van der Waals surface area contributed by atoms with Crippen LogP contribution in [0, 0.1) is 0 Å². The Hall–Kier alpha value is -3.15. The van der Waals surface area contributed by atoms with Crippen LogP contribution in [0.1, 0.15) is 6.92 Å². The lowest BCUT2D eigenvalue weighted by molar-refractivity contribution is 0.318. The molecule has 3 rings (SSSR count). The number of benzene rings is 2. The molecule has 0 fully saturated rings. The van der Waals surface area contributed by atoms with Gasteiger partial charge in [-0.15, -0.1) is 0 Å². The fourth-order valence-electron chi connectivity index (χ4n) is 2.34. The Morgan fingerprint density at radius 1 is 1.04 bits per heavy atom. The third-order valence-corrected chi connectivity index (χ3v) is 3.34. The summed E-state index contributed by atoms with van der Waals surface area (Å²) in [6.07, 6.45) is 0. The summed E-state index contributed by atoms with van der Waals surface area (Å²) < 4.78 is 10.8. The quantitative estimate of drug-likeness (QED) is 0.687. The summed E-state index contributed by atoms with van der Waals surface area (Å²) in [5.41, 5.74) is 0.0679. The molecule has 0 saturated heterocycles. The third kappa shape index (κ3) is 2.66. The van der Waals surface area contributed by atoms with Gasteiger partial charge in [0.25, 0.3) is 0 Å². The van der Waals surface area contributed by atoms with Crippen LogP contribution in [-0.4, -0.2) is 21.9 Å². The second-order valence-corrected chi connectivity index (χ2v) is 4.93. The van der Waals surface area contributed by atoms with E-state index in [2.05, 4.69) is 0 Å². The molecule has 3 aromatic rings. The number of phenols is 3. The van der Waals surface area contributed by atoms with Crippen molar-refractivity contribution in [3.8, 4) is 34.3 Å². The lowest BCUT2D eigenvalue weighted by Crippen LogP contribution is -2.00. The number of ether oxygens (including phenoxy) is 1. The first-order valence-electron chi connectivity index (χ1n) is 6.95. The van der Waals surface area contributed by atoms with Gasteiger partial charge in [-0.3, -0.25) is 4.79 Å². The highest BCUT2D eigenvalue weighted by atomic mass is 16.5. The highest BCUT2D eigenvalue weighted by Gasteiger charge is 2.13. The average Bonchev–Trinajstić information content (AvgIpc) is 2.48. The minimum atomic E-state index is -0.452. The molecule has 1 aromatic heterocycles. The number of rotatable bonds is 3. The van der Waals surface area contributed by atoms with Crippen molar-refractivity contribution in [1.29, 1.82) is 0 Å². The summed E-state index contributed by atoms with van der Waals surface area (Å²) in [7, 11) is 0. The molecule has 6 heteroatoms. The Morgan fingerprint density at radius 2 is 1.83 bits per heavy atom. The summed E-state index contributed by atoms with van der Waals surface area (Å²) >= 11 is 0. The summed E-state index contributed by atoms with van der Waals surface area (Å²) in [4.78, 5) is 12.2. The van der Waals surface area contributed by atoms with Crippen LogP contribution in [0.4, 0.5) is 0 Å². The standard InChI is InChI=1S/C17H14O6/c1-2-22-14-4-3-9(5-11(14)19)15-8-13(21)17-12(20)6-10(18)7-16(17)23-15/h3-8,18-20H,2H2,1H3. The van der Waals surface area contributed by atoms with Gasteiger partial charge in [0.05, 0.1) is 6.61 Å². The maximum atomic E-state index is 12.2. The van der Waals surface area contributed by atoms with E-state index in [4.69, 9.17) is 9.15 Å². The van der Waals surface area contributed by atoms with Gasteiger partial charge in [-0.1, -0.05) is 0 Å². The lowest BCUT2D eigenvalue weighted by atomic mass is 10.1. The molecule has 0 aliphatic carbocycles. The highest BCUT2D eigenvalue weighted by Crippen LogP contribution is 2.34. The van der Waals surface area contributed by atoms with E-state index < -0.39 is 5.43 Å². The van der Waals surface area contributed by atoms with E-state index in [9.17, 15) is 20.1 Å². The van der Waals surface area contributed by atoms with Crippen LogP contribution in [0.15, 0.2) is 45.6 Å². The SMILES string of the molecule is CCOc1ccc(-c2cc(=O)c3c(O)cc(O)cc3o2)cc1O. The molecule has 0 bridgehead atoms. The average molecular weight is 314 g/mol. The second-order valence-electron chi connectivity index (χ2n) is 4.93. The Balaban J connectivity index is 2.17. The number of fused-ring (bicyclic) bond motifs is 1. The molecule has 0 unspecified atom stereocenters. The van der Waals surface area contributed by atoms with Crippen molar-refractivity contribution in [1.82, 2.24) is 0 Å². The molecule has 0 aliphatic rings. The molecule has 2 aromatic carbocycles. The van der Waals surface area contributed by atoms with E-state index in [1.165, 1.54) is 18.2 Å². The Morgan fingerprint density at radius 3 is 2.52 bits per heavy atom. The molecule has 3 N–H and O–H groups in total. The van der Waals surface area contributed by atoms with Crippen LogP contribution in [0.25, 0.3) is 22.3 Å². The summed E-state index contributed by atoms with van der Waals surface area (Å²) in [5.74, 6) is -0.119. The number of hydrogen-bond donors (Lipinski definition) is 3. The summed E-state index contributed by atoms with van der Waals surface area (Å²) in [6.45, 7) is 2.21. The number of phenolic OH excluding ortho intramolecular Hbond substituents is 3. The van der Waals surface area contributed by atoms with Gasteiger partial charge in [0.2, 0.25) is 0 Å². The van der Waals surface area contributed by atoms with Gasteiger partial charge in [-0.2, -0.15) is 0 Å². The fraction of sp³-hybridized carbons (Fsp3) is 0.118. The van der Waals surface area contributed by atoms with Gasteiger partial charge < -0.3 is 24.5 Å². The van der Waals surface area contributed by atoms with E-state index in [0.717, 1.165) is 6.07 Å². The van der Waals surface area contributed by atoms with Gasteiger partial charge in [0.1, 0.15) is 28.2 Å². The van der Waals surface area contributed by atoms with Gasteiger partial charge in [-0.25, -0.2) is 0 Å². The molecule has 1 heterocycles. The van der Waals surface area contributed by atoms with E-state index in [-0.39, 0.29) is 34.0 Å². The van der Waals surface area contributed by atoms with Crippen LogP contribution in [-0.2, 0) is 0 Å². The molecular weight excluding hydrogens is 300 g/mol. The van der Waals surface area contributed by atoms with Gasteiger partial charge in [0.15, 0.2) is 16.9 Å². The molecule has 0 saturated carbocycles. The Bertz CT molecular complexity index is 942. The summed E-state index contributed by atoms with van der Waals surface area (Å²) in [5, 5.41) is 29.2. The topological polar surface area (TPSA) is 100 Å². The molecule has 0 amide bonds. The van der Waals surface area contributed by atoms with Crippen LogP contribution in [0.5, 0.6) is 23.0 Å². The van der Waals surface area contributed by atoms with E-state index in [0.29, 0.717) is 17.9 Å². The molecule has 23 heavy (non-hydrogen) atoms. The van der Waals surface area contributed by atoms with E-state index in [1.54, 1.807) is 19.1 Å². The molecule has 6 nitrogen and oxygen atoms in total. The zero-order chi connectivity index (χ0) is 16.6. The zero-order valence-electron chi connectivity index (χ0n) is 12.2. The molecule has 0 atom stereocenters. The number of hydrogen-bond acceptors (Lipinski definition) is 6. The third-order valence-electron chi connectivity index (χ3n) is 3.34. The smallest absolute Gasteiger partial charge is 0.197 e. The van der Waals surface area contributed by atoms with Crippen molar-refractivity contribution in [3.05, 3.63) is 46.6 Å². The molecule has 0 radical (unpaired) electrons. The maximum Gasteiger partial charge on any atom is 0.197 e. The molecule has 0 aliphatic heterocycles. The zero-order valence-corrected chi connectivity index (χ0v) is 12.2. The van der Waals surface area contributed by atoms with Crippen molar-refractivity contribution in [2.75, 3.05) is 6.61 Å². The van der Waals surface area contributed by atoms with Crippen LogP contribution >= 0.6 is 0 Å². The van der Waals surface area contributed by atoms with E-state index >= 15 is 0 Å². The van der Waals surface area contributed by atoms with Crippen molar-refractivity contribution in [3.63, 3.8) is 0 Å². The molecular formula is C17H14O6. The lowest BCUT2D eigenvalue weighted by Gasteiger charge is -2.08. The van der Waals surface area contributed by atoms with Crippen LogP contribution in [0.2, 0.25) is 0 Å². The van der Waals surface area contributed by atoms with Crippen molar-refractivity contribution >= 4 is 11.0 Å². The Kier molecular flexibility index (Phi) is 3.57. The first-order chi connectivity index (χ1) is 11.0. The fourth-order valence-corrected chi connectivity index (χ4v) is 2.34. The highest BCUT2D eigenvalue weighted by molar-refractivity contribution is 5.86. The largest absolute Gasteiger partial charge is 0.508 e. The second kappa shape index (κ2) is 5.57. The minimum Gasteiger partial charge on any atom is -0.508 e. The van der Waals surface area contributed by atoms with Crippen LogP contribution in [0.3, 0.4) is 0 Å². The van der Waals surface area contributed by atoms with Crippen molar-refractivity contribution in [2.45, 2.75) is 6.92 Å². The van der Waals surface area contributed by atoms with Gasteiger partial charge >= 0.3 is 0 Å². The van der Waals surface area contributed by atoms with Gasteiger partial charge in [-0.05, 0) is 25.1 Å². The first-order valence-corrected chi connectivity index (χ1v) is 6.95. The predicted molar refractivity (Wildman–Crippen MR) is 84.1 cm³/mol. The minimum absolute atomic E-state index is 0.0123. The first kappa shape index (κ1) is 14.8. The number of aromatic hydroxyl groups is 3. The molecule has 0 spiro atoms. The van der Waals surface area contributed by atoms with Crippen LogP contribution < -0.4 is 10.2 Å². The Labute approximate surface area is 130 Å². The maximum absolute atomic E-state index is 12.2. The normalized spacial score (nSPS) is 10.8.